The lowest BCUT2D eigenvalue weighted by atomic mass is 9.71. The highest BCUT2D eigenvalue weighted by Crippen LogP contribution is 2.36. The van der Waals surface area contributed by atoms with E-state index in [9.17, 15) is 10.1 Å². The van der Waals surface area contributed by atoms with Gasteiger partial charge in [0.2, 0.25) is 6.54 Å². The monoisotopic (exact) mass is 357 g/mol. The van der Waals surface area contributed by atoms with Crippen molar-refractivity contribution in [3.8, 4) is 0 Å². The second-order valence-electron chi connectivity index (χ2n) is 6.60. The van der Waals surface area contributed by atoms with Crippen LogP contribution in [0.1, 0.15) is 12.0 Å². The van der Waals surface area contributed by atoms with Crippen LogP contribution >= 0.6 is 0 Å². The molecule has 1 saturated heterocycles. The Labute approximate surface area is 151 Å². The molecule has 3 unspecified atom stereocenters. The first-order chi connectivity index (χ1) is 12.7. The van der Waals surface area contributed by atoms with Gasteiger partial charge in [0.1, 0.15) is 6.10 Å². The molecule has 0 radical (unpaired) electrons. The second kappa shape index (κ2) is 7.71. The van der Waals surface area contributed by atoms with Crippen molar-refractivity contribution in [2.24, 2.45) is 0 Å². The average molecular weight is 357 g/mol. The van der Waals surface area contributed by atoms with Gasteiger partial charge in [0.05, 0.1) is 32.0 Å². The molecule has 4 rings (SSSR count). The molecular formula is C18H20BNO6. The van der Waals surface area contributed by atoms with Crippen molar-refractivity contribution >= 4 is 7.12 Å². The Morgan fingerprint density at radius 2 is 2.12 bits per heavy atom. The molecule has 0 bridgehead atoms. The molecule has 0 amide bonds. The van der Waals surface area contributed by atoms with Gasteiger partial charge in [-0.2, -0.15) is 0 Å². The molecule has 2 heterocycles. The van der Waals surface area contributed by atoms with Crippen LogP contribution in [0, 0.1) is 10.1 Å². The van der Waals surface area contributed by atoms with Gasteiger partial charge in [-0.3, -0.25) is 10.1 Å². The molecule has 136 valence electrons. The maximum absolute atomic E-state index is 10.9. The van der Waals surface area contributed by atoms with Crippen molar-refractivity contribution in [3.05, 3.63) is 69.2 Å². The SMILES string of the molecule is O=[N+]([O-])CC1OB2OC(COCc3ccccc3)COC3CC=CC1=C23. The first kappa shape index (κ1) is 17.4. The molecule has 0 spiro atoms. The summed E-state index contributed by atoms with van der Waals surface area (Å²) >= 11 is 0. The summed E-state index contributed by atoms with van der Waals surface area (Å²) < 4.78 is 23.6. The van der Waals surface area contributed by atoms with Crippen LogP contribution in [0.3, 0.4) is 0 Å². The van der Waals surface area contributed by atoms with Crippen molar-refractivity contribution in [1.82, 2.24) is 0 Å². The van der Waals surface area contributed by atoms with Gasteiger partial charge in [-0.05, 0) is 23.0 Å². The van der Waals surface area contributed by atoms with Crippen molar-refractivity contribution in [2.75, 3.05) is 19.8 Å². The molecule has 1 aromatic rings. The zero-order chi connectivity index (χ0) is 17.9. The number of nitrogens with zero attached hydrogens (tertiary/aromatic N) is 1. The van der Waals surface area contributed by atoms with E-state index in [1.54, 1.807) is 0 Å². The number of nitro groups is 1. The molecule has 0 N–H and O–H groups in total. The molecule has 7 nitrogen and oxygen atoms in total. The van der Waals surface area contributed by atoms with E-state index >= 15 is 0 Å². The van der Waals surface area contributed by atoms with E-state index in [-0.39, 0.29) is 23.7 Å². The van der Waals surface area contributed by atoms with Crippen molar-refractivity contribution in [2.45, 2.75) is 31.3 Å². The molecule has 8 heteroatoms. The average Bonchev–Trinajstić information content (AvgIpc) is 2.87. The Morgan fingerprint density at radius 3 is 2.92 bits per heavy atom. The summed E-state index contributed by atoms with van der Waals surface area (Å²) in [7, 11) is -0.599. The predicted molar refractivity (Wildman–Crippen MR) is 94.0 cm³/mol. The third-order valence-electron chi connectivity index (χ3n) is 4.75. The summed E-state index contributed by atoms with van der Waals surface area (Å²) in [6.45, 7) is 1.00. The Bertz CT molecular complexity index is 722. The zero-order valence-electron chi connectivity index (χ0n) is 14.3. The highest BCUT2D eigenvalue weighted by atomic mass is 16.6. The first-order valence-corrected chi connectivity index (χ1v) is 8.77. The molecule has 2 aliphatic heterocycles. The molecular weight excluding hydrogens is 337 g/mol. The Morgan fingerprint density at radius 1 is 1.27 bits per heavy atom. The minimum Gasteiger partial charge on any atom is -0.400 e. The number of benzene rings is 1. The van der Waals surface area contributed by atoms with Crippen LogP contribution in [0.4, 0.5) is 0 Å². The van der Waals surface area contributed by atoms with Gasteiger partial charge in [-0.25, -0.2) is 0 Å². The molecule has 0 saturated carbocycles. The molecule has 1 aromatic carbocycles. The fourth-order valence-corrected chi connectivity index (χ4v) is 3.55. The van der Waals surface area contributed by atoms with Gasteiger partial charge in [0, 0.05) is 4.92 Å². The minimum absolute atomic E-state index is 0.143. The van der Waals surface area contributed by atoms with E-state index in [0.717, 1.165) is 23.0 Å². The van der Waals surface area contributed by atoms with Crippen molar-refractivity contribution in [3.63, 3.8) is 0 Å². The fourth-order valence-electron chi connectivity index (χ4n) is 3.55. The van der Waals surface area contributed by atoms with E-state index in [2.05, 4.69) is 0 Å². The summed E-state index contributed by atoms with van der Waals surface area (Å²) in [5, 5.41) is 10.9. The van der Waals surface area contributed by atoms with Gasteiger partial charge in [-0.15, -0.1) is 0 Å². The molecule has 1 fully saturated rings. The molecule has 26 heavy (non-hydrogen) atoms. The van der Waals surface area contributed by atoms with Gasteiger partial charge < -0.3 is 18.8 Å². The molecule has 3 atom stereocenters. The van der Waals surface area contributed by atoms with E-state index in [1.807, 2.05) is 42.5 Å². The van der Waals surface area contributed by atoms with Crippen LogP contribution in [0.2, 0.25) is 0 Å². The quantitative estimate of drug-likeness (QED) is 0.440. The maximum Gasteiger partial charge on any atom is 0.493 e. The second-order valence-corrected chi connectivity index (χ2v) is 6.60. The Kier molecular flexibility index (Phi) is 5.17. The molecule has 1 aliphatic carbocycles. The Balaban J connectivity index is 1.40. The summed E-state index contributed by atoms with van der Waals surface area (Å²) in [4.78, 5) is 10.6. The van der Waals surface area contributed by atoms with Crippen LogP contribution < -0.4 is 0 Å². The van der Waals surface area contributed by atoms with E-state index in [4.69, 9.17) is 18.8 Å². The van der Waals surface area contributed by atoms with Crippen molar-refractivity contribution < 1.29 is 23.7 Å². The van der Waals surface area contributed by atoms with Crippen molar-refractivity contribution in [1.29, 1.82) is 0 Å². The topological polar surface area (TPSA) is 80.1 Å². The van der Waals surface area contributed by atoms with Gasteiger partial charge >= 0.3 is 7.12 Å². The van der Waals surface area contributed by atoms with Crippen LogP contribution in [0.5, 0.6) is 0 Å². The first-order valence-electron chi connectivity index (χ1n) is 8.77. The zero-order valence-corrected chi connectivity index (χ0v) is 14.3. The van der Waals surface area contributed by atoms with Crippen LogP contribution in [-0.4, -0.2) is 50.1 Å². The lowest BCUT2D eigenvalue weighted by Gasteiger charge is -2.20. The van der Waals surface area contributed by atoms with Gasteiger partial charge in [0.25, 0.3) is 0 Å². The van der Waals surface area contributed by atoms with Crippen LogP contribution in [0.15, 0.2) is 53.5 Å². The van der Waals surface area contributed by atoms with Gasteiger partial charge in [-0.1, -0.05) is 42.5 Å². The molecule has 3 aliphatic rings. The number of hydrogen-bond donors (Lipinski definition) is 0. The largest absolute Gasteiger partial charge is 0.493 e. The highest BCUT2D eigenvalue weighted by molar-refractivity contribution is 6.55. The normalized spacial score (nSPS) is 27.4. The lowest BCUT2D eigenvalue weighted by molar-refractivity contribution is -0.487. The van der Waals surface area contributed by atoms with Crippen LogP contribution in [0.25, 0.3) is 0 Å². The highest BCUT2D eigenvalue weighted by Gasteiger charge is 2.48. The summed E-state index contributed by atoms with van der Waals surface area (Å²) in [5.74, 6) is 0. The standard InChI is InChI=1S/C18H20BNO6/c21-20(22)9-17-15-7-4-8-16-18(15)19(26-17)25-14(12-24-16)11-23-10-13-5-2-1-3-6-13/h1-7,14,16-17H,8-12H2. The number of ether oxygens (including phenoxy) is 2. The lowest BCUT2D eigenvalue weighted by Crippen LogP contribution is -2.34. The number of hydrogen-bond acceptors (Lipinski definition) is 6. The van der Waals surface area contributed by atoms with Gasteiger partial charge in [0.15, 0.2) is 0 Å². The van der Waals surface area contributed by atoms with E-state index < -0.39 is 13.2 Å². The summed E-state index contributed by atoms with van der Waals surface area (Å²) in [5.41, 5.74) is 2.81. The summed E-state index contributed by atoms with van der Waals surface area (Å²) in [6, 6.07) is 9.91. The predicted octanol–water partition coefficient (Wildman–Crippen LogP) is 1.95. The minimum atomic E-state index is -0.599. The van der Waals surface area contributed by atoms with Crippen LogP contribution in [-0.2, 0) is 25.4 Å². The smallest absolute Gasteiger partial charge is 0.400 e. The number of rotatable bonds is 6. The third-order valence-corrected chi connectivity index (χ3v) is 4.75. The van der Waals surface area contributed by atoms with E-state index in [1.165, 1.54) is 0 Å². The maximum atomic E-state index is 10.9. The third kappa shape index (κ3) is 3.73. The summed E-state index contributed by atoms with van der Waals surface area (Å²) in [6.07, 6.45) is 3.60. The fraction of sp³-hybridized carbons (Fsp3) is 0.444. The molecule has 0 aromatic heterocycles. The Hall–Kier alpha value is -2.00. The van der Waals surface area contributed by atoms with E-state index in [0.29, 0.717) is 19.8 Å².